The number of aromatic amines is 1. The highest BCUT2D eigenvalue weighted by molar-refractivity contribution is 5.85. The molecule has 1 aromatic carbocycles. The van der Waals surface area contributed by atoms with Crippen LogP contribution in [0.4, 0.5) is 0 Å². The predicted molar refractivity (Wildman–Crippen MR) is 99.6 cm³/mol. The zero-order valence-electron chi connectivity index (χ0n) is 15.2. The molecule has 0 unspecified atom stereocenters. The van der Waals surface area contributed by atoms with E-state index in [-0.39, 0.29) is 6.42 Å². The summed E-state index contributed by atoms with van der Waals surface area (Å²) in [5.41, 5.74) is 1.80. The summed E-state index contributed by atoms with van der Waals surface area (Å²) in [4.78, 5) is 37.7. The fraction of sp³-hybridized carbons (Fsp3) is 0.421. The Morgan fingerprint density at radius 1 is 1.36 bits per heavy atom. The number of hydrazine groups is 1. The molecule has 1 saturated heterocycles. The van der Waals surface area contributed by atoms with Crippen LogP contribution in [0.1, 0.15) is 24.8 Å². The third-order valence-corrected chi connectivity index (χ3v) is 5.17. The Labute approximate surface area is 160 Å². The first-order valence-electron chi connectivity index (χ1n) is 9.06. The minimum absolute atomic E-state index is 0.255. The van der Waals surface area contributed by atoms with Crippen LogP contribution in [-0.4, -0.2) is 67.8 Å². The summed E-state index contributed by atoms with van der Waals surface area (Å²) in [6.45, 7) is 0.473. The molecule has 0 aliphatic carbocycles. The largest absolute Gasteiger partial charge is 0.480 e. The van der Waals surface area contributed by atoms with Crippen LogP contribution in [0.15, 0.2) is 30.5 Å². The average molecular weight is 389 g/mol. The molecule has 0 amide bonds. The van der Waals surface area contributed by atoms with E-state index < -0.39 is 36.0 Å². The van der Waals surface area contributed by atoms with Gasteiger partial charge in [0.15, 0.2) is 5.60 Å². The maximum Gasteiger partial charge on any atom is 0.336 e. The standard InChI is InChI=1S/C19H23N3O6/c23-11-13-4-3-7-22(13)21-16(17(24)25)9-19(28,18(26)27)8-12-10-20-15-6-2-1-5-14(12)15/h1-2,5-6,10-11,13,16,20-21,28H,3-4,7-9H2,(H,24,25)(H,26,27)/t13-,16+,19+/m0/s1. The van der Waals surface area contributed by atoms with Gasteiger partial charge in [-0.05, 0) is 24.5 Å². The number of nitrogens with one attached hydrogen (secondary N) is 2. The topological polar surface area (TPSA) is 143 Å². The van der Waals surface area contributed by atoms with Crippen molar-refractivity contribution in [3.8, 4) is 0 Å². The Kier molecular flexibility index (Phi) is 5.78. The number of carbonyl (C=O) groups excluding carboxylic acids is 1. The molecule has 2 aromatic rings. The van der Waals surface area contributed by atoms with Gasteiger partial charge in [-0.25, -0.2) is 15.2 Å². The molecule has 28 heavy (non-hydrogen) atoms. The quantitative estimate of drug-likeness (QED) is 0.391. The molecule has 150 valence electrons. The summed E-state index contributed by atoms with van der Waals surface area (Å²) in [7, 11) is 0. The molecule has 0 radical (unpaired) electrons. The Balaban J connectivity index is 1.81. The zero-order valence-corrected chi connectivity index (χ0v) is 15.2. The van der Waals surface area contributed by atoms with Gasteiger partial charge in [-0.1, -0.05) is 18.2 Å². The number of carboxylic acid groups (broad SMARTS) is 2. The summed E-state index contributed by atoms with van der Waals surface area (Å²) < 4.78 is 0. The van der Waals surface area contributed by atoms with Gasteiger partial charge < -0.3 is 25.1 Å². The normalized spacial score (nSPS) is 20.7. The molecule has 1 aliphatic heterocycles. The van der Waals surface area contributed by atoms with E-state index in [2.05, 4.69) is 10.4 Å². The first-order valence-corrected chi connectivity index (χ1v) is 9.06. The van der Waals surface area contributed by atoms with E-state index in [1.165, 1.54) is 5.01 Å². The maximum absolute atomic E-state index is 11.8. The average Bonchev–Trinajstić information content (AvgIpc) is 3.28. The van der Waals surface area contributed by atoms with Crippen molar-refractivity contribution in [2.45, 2.75) is 43.4 Å². The van der Waals surface area contributed by atoms with Crippen molar-refractivity contribution in [2.75, 3.05) is 6.54 Å². The van der Waals surface area contributed by atoms with E-state index in [1.807, 2.05) is 12.1 Å². The Bertz CT molecular complexity index is 881. The summed E-state index contributed by atoms with van der Waals surface area (Å²) in [5, 5.41) is 32.3. The maximum atomic E-state index is 11.8. The van der Waals surface area contributed by atoms with Gasteiger partial charge in [0.05, 0.1) is 6.04 Å². The highest BCUT2D eigenvalue weighted by Gasteiger charge is 2.42. The van der Waals surface area contributed by atoms with Gasteiger partial charge in [0.25, 0.3) is 0 Å². The summed E-state index contributed by atoms with van der Waals surface area (Å²) in [6, 6.07) is 5.44. The summed E-state index contributed by atoms with van der Waals surface area (Å²) in [5.74, 6) is -2.80. The third-order valence-electron chi connectivity index (χ3n) is 5.17. The van der Waals surface area contributed by atoms with Crippen LogP contribution in [0.3, 0.4) is 0 Å². The lowest BCUT2D eigenvalue weighted by atomic mass is 9.88. The van der Waals surface area contributed by atoms with E-state index in [1.54, 1.807) is 18.3 Å². The lowest BCUT2D eigenvalue weighted by Crippen LogP contribution is -2.55. The van der Waals surface area contributed by atoms with Crippen molar-refractivity contribution in [2.24, 2.45) is 0 Å². The van der Waals surface area contributed by atoms with Crippen LogP contribution < -0.4 is 5.43 Å². The van der Waals surface area contributed by atoms with Gasteiger partial charge >= 0.3 is 11.9 Å². The predicted octanol–water partition coefficient (Wildman–Crippen LogP) is 0.537. The SMILES string of the molecule is O=C[C@@H]1CCCN1N[C@H](C[C@](O)(Cc1c[nH]c2ccccc12)C(=O)O)C(=O)O. The first-order chi connectivity index (χ1) is 13.3. The number of fused-ring (bicyclic) bond motifs is 1. The molecule has 1 aromatic heterocycles. The first kappa shape index (κ1) is 20.0. The van der Waals surface area contributed by atoms with Crippen LogP contribution in [0.25, 0.3) is 10.9 Å². The van der Waals surface area contributed by atoms with Crippen LogP contribution in [0.2, 0.25) is 0 Å². The molecule has 3 atom stereocenters. The van der Waals surface area contributed by atoms with Gasteiger partial charge in [-0.2, -0.15) is 0 Å². The molecule has 3 rings (SSSR count). The summed E-state index contributed by atoms with van der Waals surface area (Å²) in [6.07, 6.45) is 2.86. The second-order valence-electron chi connectivity index (χ2n) is 7.14. The Morgan fingerprint density at radius 2 is 2.11 bits per heavy atom. The highest BCUT2D eigenvalue weighted by atomic mass is 16.4. The van der Waals surface area contributed by atoms with Gasteiger partial charge in [-0.3, -0.25) is 4.79 Å². The van der Waals surface area contributed by atoms with Crippen molar-refractivity contribution in [1.82, 2.24) is 15.4 Å². The van der Waals surface area contributed by atoms with Gasteiger partial charge in [-0.15, -0.1) is 0 Å². The number of para-hydroxylation sites is 1. The van der Waals surface area contributed by atoms with Crippen LogP contribution in [0.5, 0.6) is 0 Å². The molecule has 9 heteroatoms. The van der Waals surface area contributed by atoms with E-state index >= 15 is 0 Å². The van der Waals surface area contributed by atoms with E-state index in [0.29, 0.717) is 18.5 Å². The van der Waals surface area contributed by atoms with Gasteiger partial charge in [0.2, 0.25) is 0 Å². The number of aliphatic carboxylic acids is 2. The number of nitrogens with zero attached hydrogens (tertiary/aromatic N) is 1. The number of carboxylic acids is 2. The number of aliphatic hydroxyl groups is 1. The number of hydrogen-bond acceptors (Lipinski definition) is 6. The van der Waals surface area contributed by atoms with E-state index in [0.717, 1.165) is 23.6 Å². The van der Waals surface area contributed by atoms with Crippen LogP contribution in [0, 0.1) is 0 Å². The van der Waals surface area contributed by atoms with E-state index in [9.17, 15) is 29.7 Å². The second kappa shape index (κ2) is 8.09. The van der Waals surface area contributed by atoms with Crippen molar-refractivity contribution in [3.63, 3.8) is 0 Å². The fourth-order valence-electron chi connectivity index (χ4n) is 3.65. The molecule has 0 spiro atoms. The van der Waals surface area contributed by atoms with Crippen LogP contribution in [-0.2, 0) is 20.8 Å². The molecular weight excluding hydrogens is 366 g/mol. The van der Waals surface area contributed by atoms with E-state index in [4.69, 9.17) is 0 Å². The van der Waals surface area contributed by atoms with Gasteiger partial charge in [0, 0.05) is 36.5 Å². The number of carbonyl (C=O) groups is 3. The fourth-order valence-corrected chi connectivity index (χ4v) is 3.65. The molecule has 0 saturated carbocycles. The highest BCUT2D eigenvalue weighted by Crippen LogP contribution is 2.26. The number of rotatable bonds is 9. The number of aldehydes is 1. The van der Waals surface area contributed by atoms with Gasteiger partial charge in [0.1, 0.15) is 12.3 Å². The molecule has 9 nitrogen and oxygen atoms in total. The van der Waals surface area contributed by atoms with Crippen molar-refractivity contribution >= 4 is 29.1 Å². The van der Waals surface area contributed by atoms with Crippen molar-refractivity contribution < 1.29 is 29.7 Å². The van der Waals surface area contributed by atoms with Crippen LogP contribution >= 0.6 is 0 Å². The minimum atomic E-state index is -2.29. The summed E-state index contributed by atoms with van der Waals surface area (Å²) >= 11 is 0. The molecule has 1 aliphatic rings. The second-order valence-corrected chi connectivity index (χ2v) is 7.14. The molecule has 2 heterocycles. The van der Waals surface area contributed by atoms with Crippen molar-refractivity contribution in [1.29, 1.82) is 0 Å². The Hall–Kier alpha value is -2.75. The monoisotopic (exact) mass is 389 g/mol. The molecular formula is C19H23N3O6. The number of H-pyrrole nitrogens is 1. The number of hydrogen-bond donors (Lipinski definition) is 5. The van der Waals surface area contributed by atoms with Crippen molar-refractivity contribution in [3.05, 3.63) is 36.0 Å². The minimum Gasteiger partial charge on any atom is -0.480 e. The lowest BCUT2D eigenvalue weighted by Gasteiger charge is -2.31. The third kappa shape index (κ3) is 4.06. The smallest absolute Gasteiger partial charge is 0.336 e. The Morgan fingerprint density at radius 3 is 2.79 bits per heavy atom. The lowest BCUT2D eigenvalue weighted by molar-refractivity contribution is -0.162. The molecule has 5 N–H and O–H groups in total. The number of benzene rings is 1. The number of aromatic nitrogens is 1. The zero-order chi connectivity index (χ0) is 20.3. The molecule has 0 bridgehead atoms. The molecule has 1 fully saturated rings.